The Morgan fingerprint density at radius 3 is 3.00 bits per heavy atom. The third kappa shape index (κ3) is 2.64. The van der Waals surface area contributed by atoms with E-state index in [-0.39, 0.29) is 0 Å². The summed E-state index contributed by atoms with van der Waals surface area (Å²) < 4.78 is 0. The summed E-state index contributed by atoms with van der Waals surface area (Å²) in [5.74, 6) is 0.670. The Morgan fingerprint density at radius 2 is 2.16 bits per heavy atom. The summed E-state index contributed by atoms with van der Waals surface area (Å²) in [7, 11) is 0. The summed E-state index contributed by atoms with van der Waals surface area (Å²) in [6, 6.07) is 7.54. The molecular weight excluding hydrogens is 282 g/mol. The summed E-state index contributed by atoms with van der Waals surface area (Å²) in [6.45, 7) is 0. The van der Waals surface area contributed by atoms with E-state index in [0.29, 0.717) is 16.1 Å². The first-order valence-corrected chi connectivity index (χ1v) is 7.13. The van der Waals surface area contributed by atoms with Crippen LogP contribution in [0, 0.1) is 0 Å². The van der Waals surface area contributed by atoms with Gasteiger partial charge in [-0.3, -0.25) is 0 Å². The highest BCUT2D eigenvalue weighted by Crippen LogP contribution is 2.22. The van der Waals surface area contributed by atoms with Crippen LogP contribution in [0.5, 0.6) is 0 Å². The van der Waals surface area contributed by atoms with Crippen molar-refractivity contribution in [2.75, 3.05) is 11.6 Å². The van der Waals surface area contributed by atoms with Crippen LogP contribution >= 0.6 is 23.4 Å². The number of nitrogens with zero attached hydrogens (tertiary/aromatic N) is 3. The lowest BCUT2D eigenvalue weighted by Gasteiger charge is -2.07. The summed E-state index contributed by atoms with van der Waals surface area (Å²) in [5.41, 5.74) is 2.81. The molecule has 0 unspecified atom stereocenters. The van der Waals surface area contributed by atoms with Gasteiger partial charge in [-0.05, 0) is 24.5 Å². The fraction of sp³-hybridized carbons (Fsp3) is 0.0833. The molecule has 19 heavy (non-hydrogen) atoms. The Bertz CT molecular complexity index is 727. The monoisotopic (exact) mass is 291 g/mol. The molecule has 3 rings (SSSR count). The van der Waals surface area contributed by atoms with Crippen molar-refractivity contribution >= 4 is 45.9 Å². The average Bonchev–Trinajstić information content (AvgIpc) is 2.85. The molecule has 2 aromatic heterocycles. The molecule has 2 N–H and O–H groups in total. The second kappa shape index (κ2) is 5.07. The number of fused-ring (bicyclic) bond motifs is 1. The molecular formula is C12H10ClN5S. The molecule has 0 amide bonds. The first-order chi connectivity index (χ1) is 9.24. The van der Waals surface area contributed by atoms with Crippen LogP contribution in [-0.2, 0) is 0 Å². The van der Waals surface area contributed by atoms with Crippen molar-refractivity contribution in [2.24, 2.45) is 0 Å². The lowest BCUT2D eigenvalue weighted by molar-refractivity contribution is 0.976. The van der Waals surface area contributed by atoms with Gasteiger partial charge in [0.1, 0.15) is 11.0 Å². The van der Waals surface area contributed by atoms with Gasteiger partial charge in [0.05, 0.1) is 17.4 Å². The molecule has 0 bridgehead atoms. The number of hydrogen-bond acceptors (Lipinski definition) is 5. The van der Waals surface area contributed by atoms with Crippen molar-refractivity contribution < 1.29 is 0 Å². The number of imidazole rings is 1. The van der Waals surface area contributed by atoms with Crippen LogP contribution in [0.3, 0.4) is 0 Å². The van der Waals surface area contributed by atoms with Crippen LogP contribution in [0.2, 0.25) is 5.15 Å². The molecule has 0 aliphatic heterocycles. The van der Waals surface area contributed by atoms with E-state index >= 15 is 0 Å². The lowest BCUT2D eigenvalue weighted by Crippen LogP contribution is -1.96. The predicted molar refractivity (Wildman–Crippen MR) is 78.2 cm³/mol. The van der Waals surface area contributed by atoms with Gasteiger partial charge in [-0.2, -0.15) is 0 Å². The van der Waals surface area contributed by atoms with Crippen LogP contribution in [0.1, 0.15) is 0 Å². The summed E-state index contributed by atoms with van der Waals surface area (Å²) in [6.07, 6.45) is 3.58. The SMILES string of the molecule is CSc1nc(Cl)cc(Nc2ccc3nc[nH]c3c2)n1. The quantitative estimate of drug-likeness (QED) is 0.439. The number of halogens is 1. The van der Waals surface area contributed by atoms with E-state index in [9.17, 15) is 0 Å². The number of aromatic amines is 1. The smallest absolute Gasteiger partial charge is 0.190 e. The highest BCUT2D eigenvalue weighted by molar-refractivity contribution is 7.98. The van der Waals surface area contributed by atoms with Gasteiger partial charge in [-0.25, -0.2) is 15.0 Å². The molecule has 5 nitrogen and oxygen atoms in total. The molecule has 0 spiro atoms. The topological polar surface area (TPSA) is 66.5 Å². The van der Waals surface area contributed by atoms with Gasteiger partial charge >= 0.3 is 0 Å². The van der Waals surface area contributed by atoms with E-state index in [1.165, 1.54) is 11.8 Å². The molecule has 0 aliphatic carbocycles. The molecule has 0 saturated carbocycles. The van der Waals surface area contributed by atoms with Gasteiger partial charge in [0.2, 0.25) is 0 Å². The van der Waals surface area contributed by atoms with Crippen molar-refractivity contribution in [3.8, 4) is 0 Å². The molecule has 0 fully saturated rings. The fourth-order valence-electron chi connectivity index (χ4n) is 1.71. The van der Waals surface area contributed by atoms with Gasteiger partial charge in [-0.15, -0.1) is 0 Å². The maximum atomic E-state index is 5.95. The minimum absolute atomic E-state index is 0.421. The van der Waals surface area contributed by atoms with E-state index in [2.05, 4.69) is 25.3 Å². The van der Waals surface area contributed by atoms with Gasteiger partial charge < -0.3 is 10.3 Å². The van der Waals surface area contributed by atoms with Gasteiger partial charge in [-0.1, -0.05) is 23.4 Å². The van der Waals surface area contributed by atoms with Gasteiger partial charge in [0, 0.05) is 11.8 Å². The second-order valence-electron chi connectivity index (χ2n) is 3.82. The van der Waals surface area contributed by atoms with E-state index < -0.39 is 0 Å². The molecule has 0 saturated heterocycles. The van der Waals surface area contributed by atoms with Crippen molar-refractivity contribution in [2.45, 2.75) is 5.16 Å². The summed E-state index contributed by atoms with van der Waals surface area (Å²) in [5, 5.41) is 4.26. The van der Waals surface area contributed by atoms with E-state index in [1.54, 1.807) is 12.4 Å². The molecule has 0 radical (unpaired) electrons. The number of hydrogen-bond donors (Lipinski definition) is 2. The Balaban J connectivity index is 1.93. The van der Waals surface area contributed by atoms with Crippen LogP contribution in [-0.4, -0.2) is 26.2 Å². The second-order valence-corrected chi connectivity index (χ2v) is 4.98. The fourth-order valence-corrected chi connectivity index (χ4v) is 2.33. The number of thioether (sulfide) groups is 1. The number of anilines is 2. The Morgan fingerprint density at radius 1 is 1.26 bits per heavy atom. The van der Waals surface area contributed by atoms with E-state index in [1.807, 2.05) is 24.5 Å². The van der Waals surface area contributed by atoms with Crippen LogP contribution in [0.25, 0.3) is 11.0 Å². The zero-order valence-electron chi connectivity index (χ0n) is 10.0. The Kier molecular flexibility index (Phi) is 3.27. The number of rotatable bonds is 3. The standard InChI is InChI=1S/C12H10ClN5S/c1-19-12-17-10(13)5-11(18-12)16-7-2-3-8-9(4-7)15-6-14-8/h2-6H,1H3,(H,14,15)(H,16,17,18). The molecule has 0 atom stereocenters. The average molecular weight is 292 g/mol. The van der Waals surface area contributed by atoms with Crippen LogP contribution < -0.4 is 5.32 Å². The molecule has 2 heterocycles. The lowest BCUT2D eigenvalue weighted by atomic mass is 10.3. The van der Waals surface area contributed by atoms with Crippen LogP contribution in [0.4, 0.5) is 11.5 Å². The van der Waals surface area contributed by atoms with E-state index in [4.69, 9.17) is 11.6 Å². The maximum absolute atomic E-state index is 5.95. The van der Waals surface area contributed by atoms with Crippen LogP contribution in [0.15, 0.2) is 35.7 Å². The summed E-state index contributed by atoms with van der Waals surface area (Å²) in [4.78, 5) is 15.7. The first kappa shape index (κ1) is 12.3. The highest BCUT2D eigenvalue weighted by atomic mass is 35.5. The maximum Gasteiger partial charge on any atom is 0.190 e. The van der Waals surface area contributed by atoms with Crippen molar-refractivity contribution in [3.63, 3.8) is 0 Å². The number of nitrogens with one attached hydrogen (secondary N) is 2. The molecule has 0 aliphatic rings. The zero-order chi connectivity index (χ0) is 13.2. The number of benzene rings is 1. The Labute approximate surface area is 118 Å². The minimum Gasteiger partial charge on any atom is -0.345 e. The molecule has 1 aromatic carbocycles. The molecule has 96 valence electrons. The zero-order valence-corrected chi connectivity index (χ0v) is 11.6. The largest absolute Gasteiger partial charge is 0.345 e. The van der Waals surface area contributed by atoms with Crippen molar-refractivity contribution in [1.82, 2.24) is 19.9 Å². The summed E-state index contributed by atoms with van der Waals surface area (Å²) >= 11 is 7.40. The normalized spacial score (nSPS) is 10.8. The number of aromatic nitrogens is 4. The first-order valence-electron chi connectivity index (χ1n) is 5.53. The third-order valence-corrected chi connectivity index (χ3v) is 3.29. The van der Waals surface area contributed by atoms with Crippen molar-refractivity contribution in [1.29, 1.82) is 0 Å². The third-order valence-electron chi connectivity index (χ3n) is 2.55. The predicted octanol–water partition coefficient (Wildman–Crippen LogP) is 3.47. The molecule has 3 aromatic rings. The van der Waals surface area contributed by atoms with E-state index in [0.717, 1.165) is 16.7 Å². The molecule has 7 heteroatoms. The van der Waals surface area contributed by atoms with Gasteiger partial charge in [0.15, 0.2) is 5.16 Å². The van der Waals surface area contributed by atoms with Crippen molar-refractivity contribution in [3.05, 3.63) is 35.7 Å². The number of H-pyrrole nitrogens is 1. The van der Waals surface area contributed by atoms with Gasteiger partial charge in [0.25, 0.3) is 0 Å². The minimum atomic E-state index is 0.421. The highest BCUT2D eigenvalue weighted by Gasteiger charge is 2.04. The Hall–Kier alpha value is -1.79.